The summed E-state index contributed by atoms with van der Waals surface area (Å²) < 4.78 is 5.75. The molecule has 2 heterocycles. The predicted molar refractivity (Wildman–Crippen MR) is 81.0 cm³/mol. The molecule has 1 aliphatic carbocycles. The first-order chi connectivity index (χ1) is 9.36. The molecule has 1 fully saturated rings. The smallest absolute Gasteiger partial charge is 0.0576 e. The molecule has 1 aromatic heterocycles. The van der Waals surface area contributed by atoms with Crippen molar-refractivity contribution in [1.29, 1.82) is 0 Å². The highest BCUT2D eigenvalue weighted by Crippen LogP contribution is 2.35. The average Bonchev–Trinajstić information content (AvgIpc) is 3.09. The van der Waals surface area contributed by atoms with Gasteiger partial charge in [-0.2, -0.15) is 0 Å². The molecule has 2 aliphatic rings. The largest absolute Gasteiger partial charge is 0.378 e. The first kappa shape index (κ1) is 13.6. The van der Waals surface area contributed by atoms with Gasteiger partial charge in [-0.25, -0.2) is 0 Å². The second kappa shape index (κ2) is 6.38. The van der Waals surface area contributed by atoms with Gasteiger partial charge in [0.05, 0.1) is 6.10 Å². The van der Waals surface area contributed by atoms with Gasteiger partial charge in [0.15, 0.2) is 0 Å². The lowest BCUT2D eigenvalue weighted by atomic mass is 10.0. The summed E-state index contributed by atoms with van der Waals surface area (Å²) in [6.45, 7) is 4.24. The number of aryl methyl sites for hydroxylation is 2. The molecule has 3 heteroatoms. The van der Waals surface area contributed by atoms with Crippen molar-refractivity contribution in [3.05, 3.63) is 21.4 Å². The van der Waals surface area contributed by atoms with E-state index in [9.17, 15) is 0 Å². The van der Waals surface area contributed by atoms with Crippen LogP contribution in [0.4, 0.5) is 0 Å². The van der Waals surface area contributed by atoms with Gasteiger partial charge in [-0.3, -0.25) is 0 Å². The summed E-state index contributed by atoms with van der Waals surface area (Å²) in [5.41, 5.74) is 1.63. The van der Waals surface area contributed by atoms with Crippen LogP contribution in [0.3, 0.4) is 0 Å². The highest BCUT2D eigenvalue weighted by atomic mass is 32.1. The molecule has 1 aliphatic heterocycles. The zero-order chi connectivity index (χ0) is 13.1. The van der Waals surface area contributed by atoms with E-state index < -0.39 is 0 Å². The molecule has 2 nitrogen and oxygen atoms in total. The maximum absolute atomic E-state index is 5.75. The molecule has 106 valence electrons. The molecule has 1 saturated heterocycles. The SMILES string of the molecule is CCNC(CCC1CCCO1)c1cc2c(s1)CCC2. The molecule has 19 heavy (non-hydrogen) atoms. The minimum absolute atomic E-state index is 0.521. The van der Waals surface area contributed by atoms with E-state index in [0.717, 1.165) is 13.2 Å². The van der Waals surface area contributed by atoms with E-state index in [1.807, 2.05) is 11.3 Å². The average molecular weight is 279 g/mol. The van der Waals surface area contributed by atoms with Crippen molar-refractivity contribution < 1.29 is 4.74 Å². The fraction of sp³-hybridized carbons (Fsp3) is 0.750. The van der Waals surface area contributed by atoms with Crippen LogP contribution < -0.4 is 5.32 Å². The van der Waals surface area contributed by atoms with E-state index in [2.05, 4.69) is 18.3 Å². The molecular weight excluding hydrogens is 254 g/mol. The second-order valence-electron chi connectivity index (χ2n) is 5.77. The van der Waals surface area contributed by atoms with Crippen LogP contribution in [-0.4, -0.2) is 19.3 Å². The molecular formula is C16H25NOS. The van der Waals surface area contributed by atoms with Crippen molar-refractivity contribution >= 4 is 11.3 Å². The second-order valence-corrected chi connectivity index (χ2v) is 6.94. The van der Waals surface area contributed by atoms with E-state index in [4.69, 9.17) is 4.74 Å². The lowest BCUT2D eigenvalue weighted by Crippen LogP contribution is -2.21. The van der Waals surface area contributed by atoms with Crippen LogP contribution in [0.2, 0.25) is 0 Å². The molecule has 1 N–H and O–H groups in total. The Labute approximate surface area is 120 Å². The summed E-state index contributed by atoms with van der Waals surface area (Å²) >= 11 is 2.05. The normalized spacial score (nSPS) is 23.7. The van der Waals surface area contributed by atoms with Crippen LogP contribution in [0.15, 0.2) is 6.07 Å². The number of thiophene rings is 1. The van der Waals surface area contributed by atoms with Gasteiger partial charge in [-0.15, -0.1) is 11.3 Å². The number of fused-ring (bicyclic) bond motifs is 1. The molecule has 3 rings (SSSR count). The molecule has 2 atom stereocenters. The Morgan fingerprint density at radius 1 is 1.42 bits per heavy atom. The van der Waals surface area contributed by atoms with Gasteiger partial charge in [0.1, 0.15) is 0 Å². The Hall–Kier alpha value is -0.380. The molecule has 0 spiro atoms. The Kier molecular flexibility index (Phi) is 4.57. The quantitative estimate of drug-likeness (QED) is 0.854. The number of hydrogen-bond donors (Lipinski definition) is 1. The van der Waals surface area contributed by atoms with Crippen molar-refractivity contribution in [2.75, 3.05) is 13.2 Å². The van der Waals surface area contributed by atoms with Gasteiger partial charge >= 0.3 is 0 Å². The lowest BCUT2D eigenvalue weighted by Gasteiger charge is -2.18. The summed E-state index contributed by atoms with van der Waals surface area (Å²) in [7, 11) is 0. The third-order valence-electron chi connectivity index (χ3n) is 4.36. The summed E-state index contributed by atoms with van der Waals surface area (Å²) in [6, 6.07) is 3.01. The van der Waals surface area contributed by atoms with Crippen molar-refractivity contribution in [2.24, 2.45) is 0 Å². The fourth-order valence-corrected chi connectivity index (χ4v) is 4.71. The number of rotatable bonds is 6. The van der Waals surface area contributed by atoms with E-state index >= 15 is 0 Å². The first-order valence-electron chi connectivity index (χ1n) is 7.83. The third kappa shape index (κ3) is 3.21. The van der Waals surface area contributed by atoms with E-state index in [1.165, 1.54) is 44.9 Å². The van der Waals surface area contributed by atoms with E-state index in [-0.39, 0.29) is 0 Å². The lowest BCUT2D eigenvalue weighted by molar-refractivity contribution is 0.0997. The monoisotopic (exact) mass is 279 g/mol. The highest BCUT2D eigenvalue weighted by molar-refractivity contribution is 7.12. The molecule has 2 unspecified atom stereocenters. The Morgan fingerprint density at radius 2 is 2.37 bits per heavy atom. The van der Waals surface area contributed by atoms with Gasteiger partial charge in [-0.05, 0) is 63.1 Å². The van der Waals surface area contributed by atoms with Crippen molar-refractivity contribution in [3.63, 3.8) is 0 Å². The summed E-state index contributed by atoms with van der Waals surface area (Å²) in [5.74, 6) is 0. The van der Waals surface area contributed by atoms with Crippen LogP contribution in [0, 0.1) is 0 Å². The highest BCUT2D eigenvalue weighted by Gasteiger charge is 2.22. The topological polar surface area (TPSA) is 21.3 Å². The zero-order valence-electron chi connectivity index (χ0n) is 11.9. The zero-order valence-corrected chi connectivity index (χ0v) is 12.7. The van der Waals surface area contributed by atoms with Crippen LogP contribution in [-0.2, 0) is 17.6 Å². The van der Waals surface area contributed by atoms with Crippen molar-refractivity contribution in [1.82, 2.24) is 5.32 Å². The van der Waals surface area contributed by atoms with Crippen LogP contribution in [0.5, 0.6) is 0 Å². The minimum Gasteiger partial charge on any atom is -0.378 e. The Morgan fingerprint density at radius 3 is 3.11 bits per heavy atom. The molecule has 0 radical (unpaired) electrons. The molecule has 0 saturated carbocycles. The molecule has 0 aromatic carbocycles. The predicted octanol–water partition coefficient (Wildman–Crippen LogP) is 3.85. The Bertz CT molecular complexity index is 387. The van der Waals surface area contributed by atoms with Gasteiger partial charge in [0.25, 0.3) is 0 Å². The summed E-state index contributed by atoms with van der Waals surface area (Å²) in [5, 5.41) is 3.67. The van der Waals surface area contributed by atoms with Crippen molar-refractivity contribution in [2.45, 2.75) is 64.0 Å². The summed E-state index contributed by atoms with van der Waals surface area (Å²) in [4.78, 5) is 3.21. The first-order valence-corrected chi connectivity index (χ1v) is 8.65. The fourth-order valence-electron chi connectivity index (χ4n) is 3.34. The van der Waals surface area contributed by atoms with Crippen LogP contribution in [0.25, 0.3) is 0 Å². The minimum atomic E-state index is 0.521. The number of hydrogen-bond acceptors (Lipinski definition) is 3. The summed E-state index contributed by atoms with van der Waals surface area (Å²) in [6.07, 6.45) is 9.44. The van der Waals surface area contributed by atoms with E-state index in [0.29, 0.717) is 12.1 Å². The van der Waals surface area contributed by atoms with Gasteiger partial charge in [0.2, 0.25) is 0 Å². The number of nitrogens with one attached hydrogen (secondary N) is 1. The van der Waals surface area contributed by atoms with Gasteiger partial charge < -0.3 is 10.1 Å². The maximum Gasteiger partial charge on any atom is 0.0576 e. The standard InChI is InChI=1S/C16H25NOS/c1-2-17-14(9-8-13-6-4-10-18-13)16-11-12-5-3-7-15(12)19-16/h11,13-14,17H,2-10H2,1H3. The van der Waals surface area contributed by atoms with Crippen LogP contribution >= 0.6 is 11.3 Å². The van der Waals surface area contributed by atoms with Gasteiger partial charge in [-0.1, -0.05) is 6.92 Å². The van der Waals surface area contributed by atoms with Crippen molar-refractivity contribution in [3.8, 4) is 0 Å². The molecule has 0 amide bonds. The van der Waals surface area contributed by atoms with Crippen LogP contribution in [0.1, 0.15) is 60.4 Å². The maximum atomic E-state index is 5.75. The molecule has 0 bridgehead atoms. The molecule has 1 aromatic rings. The number of ether oxygens (including phenoxy) is 1. The van der Waals surface area contributed by atoms with E-state index in [1.54, 1.807) is 15.3 Å². The Balaban J connectivity index is 1.61. The third-order valence-corrected chi connectivity index (χ3v) is 5.71. The van der Waals surface area contributed by atoms with Gasteiger partial charge in [0, 0.05) is 22.4 Å².